The number of aliphatic hydroxyl groups excluding tert-OH is 1. The fourth-order valence-corrected chi connectivity index (χ4v) is 1.97. The molecule has 0 aromatic rings. The van der Waals surface area contributed by atoms with Crippen molar-refractivity contribution < 1.29 is 5.11 Å². The van der Waals surface area contributed by atoms with E-state index in [0.29, 0.717) is 5.92 Å². The molecule has 0 aromatic heterocycles. The van der Waals surface area contributed by atoms with Crippen LogP contribution in [-0.4, -0.2) is 36.9 Å². The Bertz CT molecular complexity index is 153. The summed E-state index contributed by atoms with van der Waals surface area (Å²) < 4.78 is 0. The van der Waals surface area contributed by atoms with Gasteiger partial charge in [0, 0.05) is 12.6 Å². The average molecular weight is 184 g/mol. The van der Waals surface area contributed by atoms with E-state index in [1.807, 2.05) is 0 Å². The summed E-state index contributed by atoms with van der Waals surface area (Å²) in [5.41, 5.74) is 0. The molecule has 0 spiro atoms. The van der Waals surface area contributed by atoms with Crippen LogP contribution in [0.25, 0.3) is 0 Å². The number of nitrogens with one attached hydrogen (secondary N) is 2. The molecule has 1 heterocycles. The van der Waals surface area contributed by atoms with E-state index in [1.165, 1.54) is 12.8 Å². The Balaban J connectivity index is 1.64. The van der Waals surface area contributed by atoms with Crippen molar-refractivity contribution in [2.24, 2.45) is 5.92 Å². The van der Waals surface area contributed by atoms with Gasteiger partial charge in [-0.3, -0.25) is 0 Å². The van der Waals surface area contributed by atoms with Gasteiger partial charge in [-0.05, 0) is 44.7 Å². The van der Waals surface area contributed by atoms with Gasteiger partial charge in [0.25, 0.3) is 0 Å². The highest BCUT2D eigenvalue weighted by atomic mass is 16.3. The molecule has 3 nitrogen and oxygen atoms in total. The van der Waals surface area contributed by atoms with Crippen LogP contribution in [0.1, 0.15) is 25.7 Å². The van der Waals surface area contributed by atoms with Crippen molar-refractivity contribution in [1.82, 2.24) is 10.6 Å². The van der Waals surface area contributed by atoms with Gasteiger partial charge < -0.3 is 15.7 Å². The van der Waals surface area contributed by atoms with E-state index in [0.717, 1.165) is 38.5 Å². The third-order valence-corrected chi connectivity index (χ3v) is 3.12. The van der Waals surface area contributed by atoms with E-state index in [2.05, 4.69) is 10.6 Å². The quantitative estimate of drug-likeness (QED) is 0.580. The fraction of sp³-hybridized carbons (Fsp3) is 1.00. The summed E-state index contributed by atoms with van der Waals surface area (Å²) >= 11 is 0. The van der Waals surface area contributed by atoms with E-state index in [1.54, 1.807) is 0 Å². The van der Waals surface area contributed by atoms with E-state index in [4.69, 9.17) is 0 Å². The molecule has 0 radical (unpaired) electrons. The molecule has 1 atom stereocenters. The lowest BCUT2D eigenvalue weighted by Gasteiger charge is -2.27. The lowest BCUT2D eigenvalue weighted by Crippen LogP contribution is -2.39. The first-order valence-corrected chi connectivity index (χ1v) is 5.48. The van der Waals surface area contributed by atoms with Crippen LogP contribution in [0.2, 0.25) is 0 Å². The maximum absolute atomic E-state index is 9.86. The van der Waals surface area contributed by atoms with Crippen LogP contribution in [0.4, 0.5) is 0 Å². The Morgan fingerprint density at radius 3 is 2.54 bits per heavy atom. The molecule has 1 aliphatic carbocycles. The van der Waals surface area contributed by atoms with Gasteiger partial charge in [0.15, 0.2) is 0 Å². The molecule has 0 aromatic carbocycles. The minimum atomic E-state index is -0.123. The molecule has 2 fully saturated rings. The zero-order valence-electron chi connectivity index (χ0n) is 8.13. The van der Waals surface area contributed by atoms with E-state index in [-0.39, 0.29) is 6.10 Å². The van der Waals surface area contributed by atoms with Gasteiger partial charge in [0.05, 0.1) is 6.10 Å². The number of rotatable bonds is 4. The van der Waals surface area contributed by atoms with Crippen LogP contribution in [0.3, 0.4) is 0 Å². The summed E-state index contributed by atoms with van der Waals surface area (Å²) in [5, 5.41) is 16.6. The topological polar surface area (TPSA) is 44.3 Å². The van der Waals surface area contributed by atoms with Crippen LogP contribution in [0.15, 0.2) is 0 Å². The Hall–Kier alpha value is -0.120. The second-order valence-corrected chi connectivity index (χ2v) is 4.34. The molecule has 76 valence electrons. The molecule has 1 unspecified atom stereocenters. The summed E-state index contributed by atoms with van der Waals surface area (Å²) in [6.45, 7) is 2.95. The smallest absolute Gasteiger partial charge is 0.0693 e. The third kappa shape index (κ3) is 2.93. The van der Waals surface area contributed by atoms with Gasteiger partial charge in [-0.2, -0.15) is 0 Å². The monoisotopic (exact) mass is 184 g/mol. The zero-order chi connectivity index (χ0) is 9.10. The largest absolute Gasteiger partial charge is 0.392 e. The van der Waals surface area contributed by atoms with Crippen molar-refractivity contribution in [3.63, 3.8) is 0 Å². The van der Waals surface area contributed by atoms with Gasteiger partial charge in [-0.25, -0.2) is 0 Å². The van der Waals surface area contributed by atoms with Crippen LogP contribution in [0, 0.1) is 5.92 Å². The Morgan fingerprint density at radius 2 is 1.92 bits per heavy atom. The minimum Gasteiger partial charge on any atom is -0.392 e. The highest BCUT2D eigenvalue weighted by Crippen LogP contribution is 2.20. The molecule has 13 heavy (non-hydrogen) atoms. The fourth-order valence-electron chi connectivity index (χ4n) is 1.97. The van der Waals surface area contributed by atoms with Crippen molar-refractivity contribution in [2.45, 2.75) is 37.8 Å². The summed E-state index contributed by atoms with van der Waals surface area (Å²) in [4.78, 5) is 0. The number of piperidine rings is 1. The van der Waals surface area contributed by atoms with E-state index < -0.39 is 0 Å². The third-order valence-electron chi connectivity index (χ3n) is 3.12. The molecule has 0 bridgehead atoms. The molecule has 1 saturated carbocycles. The Morgan fingerprint density at radius 1 is 1.23 bits per heavy atom. The molecular formula is C10H20N2O. The summed E-state index contributed by atoms with van der Waals surface area (Å²) in [6.07, 6.45) is 4.75. The van der Waals surface area contributed by atoms with Gasteiger partial charge >= 0.3 is 0 Å². The molecule has 2 aliphatic rings. The van der Waals surface area contributed by atoms with Crippen molar-refractivity contribution in [2.75, 3.05) is 19.6 Å². The number of aliphatic hydroxyl groups is 1. The number of hydrogen-bond donors (Lipinski definition) is 3. The lowest BCUT2D eigenvalue weighted by molar-refractivity contribution is 0.0877. The molecule has 3 heteroatoms. The second kappa shape index (κ2) is 4.40. The summed E-state index contributed by atoms with van der Waals surface area (Å²) in [5.74, 6) is 0.521. The molecule has 3 N–H and O–H groups in total. The van der Waals surface area contributed by atoms with Gasteiger partial charge in [-0.1, -0.05) is 0 Å². The first-order valence-electron chi connectivity index (χ1n) is 5.48. The van der Waals surface area contributed by atoms with Crippen LogP contribution in [-0.2, 0) is 0 Å². The highest BCUT2D eigenvalue weighted by molar-refractivity contribution is 4.84. The average Bonchev–Trinajstić information content (AvgIpc) is 2.99. The van der Waals surface area contributed by atoms with Gasteiger partial charge in [0.2, 0.25) is 0 Å². The normalized spacial score (nSPS) is 27.5. The predicted octanol–water partition coefficient (Wildman–Crippen LogP) is 0.0989. The first-order chi connectivity index (χ1) is 6.36. The SMILES string of the molecule is OC(CNC1CC1)C1CCNCC1. The van der Waals surface area contributed by atoms with Gasteiger partial charge in [-0.15, -0.1) is 0 Å². The first kappa shape index (κ1) is 9.44. The predicted molar refractivity (Wildman–Crippen MR) is 52.6 cm³/mol. The summed E-state index contributed by atoms with van der Waals surface area (Å²) in [6, 6.07) is 0.719. The maximum atomic E-state index is 9.86. The van der Waals surface area contributed by atoms with Crippen LogP contribution < -0.4 is 10.6 Å². The van der Waals surface area contributed by atoms with Crippen molar-refractivity contribution >= 4 is 0 Å². The van der Waals surface area contributed by atoms with Crippen molar-refractivity contribution in [3.05, 3.63) is 0 Å². The van der Waals surface area contributed by atoms with Crippen LogP contribution >= 0.6 is 0 Å². The highest BCUT2D eigenvalue weighted by Gasteiger charge is 2.25. The van der Waals surface area contributed by atoms with Crippen molar-refractivity contribution in [1.29, 1.82) is 0 Å². The summed E-state index contributed by atoms with van der Waals surface area (Å²) in [7, 11) is 0. The standard InChI is InChI=1S/C10H20N2O/c13-10(7-12-9-1-2-9)8-3-5-11-6-4-8/h8-13H,1-7H2. The minimum absolute atomic E-state index is 0.123. The van der Waals surface area contributed by atoms with E-state index >= 15 is 0 Å². The molecule has 1 aliphatic heterocycles. The Labute approximate surface area is 79.9 Å². The molecule has 2 rings (SSSR count). The van der Waals surface area contributed by atoms with Crippen molar-refractivity contribution in [3.8, 4) is 0 Å². The maximum Gasteiger partial charge on any atom is 0.0693 e. The molecule has 1 saturated heterocycles. The van der Waals surface area contributed by atoms with E-state index in [9.17, 15) is 5.11 Å². The van der Waals surface area contributed by atoms with Gasteiger partial charge in [0.1, 0.15) is 0 Å². The second-order valence-electron chi connectivity index (χ2n) is 4.34. The molecule has 0 amide bonds. The van der Waals surface area contributed by atoms with Crippen LogP contribution in [0.5, 0.6) is 0 Å². The molecular weight excluding hydrogens is 164 g/mol. The zero-order valence-corrected chi connectivity index (χ0v) is 8.13. The number of hydrogen-bond acceptors (Lipinski definition) is 3. The lowest BCUT2D eigenvalue weighted by atomic mass is 9.92. The Kier molecular flexibility index (Phi) is 3.19.